The number of esters is 1. The summed E-state index contributed by atoms with van der Waals surface area (Å²) < 4.78 is 4.48. The van der Waals surface area contributed by atoms with Gasteiger partial charge in [-0.2, -0.15) is 0 Å². The number of ether oxygens (including phenoxy) is 1. The van der Waals surface area contributed by atoms with Gasteiger partial charge in [0.25, 0.3) is 0 Å². The summed E-state index contributed by atoms with van der Waals surface area (Å²) in [4.78, 5) is 22.1. The highest BCUT2D eigenvalue weighted by Gasteiger charge is 2.15. The predicted molar refractivity (Wildman–Crippen MR) is 50.7 cm³/mol. The first-order chi connectivity index (χ1) is 6.56. The minimum absolute atomic E-state index is 0.0665. The molecule has 1 amide bonds. The first kappa shape index (κ1) is 10.0. The second-order valence-electron chi connectivity index (χ2n) is 2.66. The molecule has 0 heterocycles. The van der Waals surface area contributed by atoms with Crippen LogP contribution in [0.4, 0.5) is 5.69 Å². The number of hydrogen-bond donors (Lipinski definition) is 2. The zero-order valence-electron chi connectivity index (χ0n) is 7.61. The molecule has 0 spiro atoms. The Kier molecular flexibility index (Phi) is 2.71. The average molecular weight is 194 g/mol. The van der Waals surface area contributed by atoms with Gasteiger partial charge in [-0.05, 0) is 18.2 Å². The van der Waals surface area contributed by atoms with Crippen molar-refractivity contribution in [2.24, 2.45) is 5.73 Å². The number of rotatable bonds is 2. The lowest BCUT2D eigenvalue weighted by Gasteiger charge is -2.05. The van der Waals surface area contributed by atoms with Crippen molar-refractivity contribution >= 4 is 17.6 Å². The molecule has 0 bridgehead atoms. The van der Waals surface area contributed by atoms with E-state index in [1.807, 2.05) is 0 Å². The van der Waals surface area contributed by atoms with Crippen molar-refractivity contribution < 1.29 is 14.3 Å². The summed E-state index contributed by atoms with van der Waals surface area (Å²) >= 11 is 0. The summed E-state index contributed by atoms with van der Waals surface area (Å²) in [6.45, 7) is 0. The van der Waals surface area contributed by atoms with Crippen molar-refractivity contribution in [3.8, 4) is 0 Å². The summed E-state index contributed by atoms with van der Waals surface area (Å²) in [6, 6.07) is 4.24. The standard InChI is InChI=1S/C9H10N2O3/c1-14-9(13)6-3-2-5(10)4-7(6)8(11)12/h2-4H,10H2,1H3,(H2,11,12). The van der Waals surface area contributed by atoms with Crippen LogP contribution in [0.5, 0.6) is 0 Å². The van der Waals surface area contributed by atoms with E-state index < -0.39 is 11.9 Å². The molecule has 0 aromatic heterocycles. The Labute approximate surface area is 80.6 Å². The average Bonchev–Trinajstić information content (AvgIpc) is 2.16. The van der Waals surface area contributed by atoms with Gasteiger partial charge in [-0.25, -0.2) is 4.79 Å². The van der Waals surface area contributed by atoms with Crippen molar-refractivity contribution in [2.75, 3.05) is 12.8 Å². The smallest absolute Gasteiger partial charge is 0.338 e. The molecule has 0 radical (unpaired) electrons. The number of anilines is 1. The molecule has 4 N–H and O–H groups in total. The van der Waals surface area contributed by atoms with Gasteiger partial charge in [-0.1, -0.05) is 0 Å². The van der Waals surface area contributed by atoms with Crippen molar-refractivity contribution in [1.29, 1.82) is 0 Å². The third kappa shape index (κ3) is 1.82. The molecule has 1 aromatic rings. The Hall–Kier alpha value is -2.04. The summed E-state index contributed by atoms with van der Waals surface area (Å²) in [5.74, 6) is -1.32. The number of carbonyl (C=O) groups is 2. The topological polar surface area (TPSA) is 95.4 Å². The van der Waals surface area contributed by atoms with Crippen molar-refractivity contribution in [1.82, 2.24) is 0 Å². The van der Waals surface area contributed by atoms with Gasteiger partial charge < -0.3 is 16.2 Å². The highest BCUT2D eigenvalue weighted by molar-refractivity contribution is 6.05. The van der Waals surface area contributed by atoms with E-state index >= 15 is 0 Å². The van der Waals surface area contributed by atoms with Crippen LogP contribution in [0.1, 0.15) is 20.7 Å². The highest BCUT2D eigenvalue weighted by Crippen LogP contribution is 2.13. The molecular weight excluding hydrogens is 184 g/mol. The second-order valence-corrected chi connectivity index (χ2v) is 2.66. The molecule has 0 atom stereocenters. The minimum atomic E-state index is -0.710. The van der Waals surface area contributed by atoms with Crippen LogP contribution in [0.15, 0.2) is 18.2 Å². The van der Waals surface area contributed by atoms with Gasteiger partial charge in [0.2, 0.25) is 5.91 Å². The molecule has 74 valence electrons. The number of primary amides is 1. The van der Waals surface area contributed by atoms with Crippen LogP contribution in [0.2, 0.25) is 0 Å². The van der Waals surface area contributed by atoms with Crippen LogP contribution in [-0.4, -0.2) is 19.0 Å². The molecule has 1 rings (SSSR count). The van der Waals surface area contributed by atoms with Crippen molar-refractivity contribution in [3.05, 3.63) is 29.3 Å². The lowest BCUT2D eigenvalue weighted by Crippen LogP contribution is -2.17. The SMILES string of the molecule is COC(=O)c1ccc(N)cc1C(N)=O. The zero-order valence-corrected chi connectivity index (χ0v) is 7.61. The van der Waals surface area contributed by atoms with Crippen molar-refractivity contribution in [2.45, 2.75) is 0 Å². The van der Waals surface area contributed by atoms with E-state index in [2.05, 4.69) is 4.74 Å². The Balaban J connectivity index is 3.28. The highest BCUT2D eigenvalue weighted by atomic mass is 16.5. The molecule has 0 saturated carbocycles. The maximum Gasteiger partial charge on any atom is 0.338 e. The Morgan fingerprint density at radius 3 is 2.43 bits per heavy atom. The first-order valence-corrected chi connectivity index (χ1v) is 3.84. The molecule has 1 aromatic carbocycles. The first-order valence-electron chi connectivity index (χ1n) is 3.84. The van der Waals surface area contributed by atoms with Gasteiger partial charge >= 0.3 is 5.97 Å². The van der Waals surface area contributed by atoms with E-state index in [1.54, 1.807) is 0 Å². The molecule has 0 saturated heterocycles. The van der Waals surface area contributed by atoms with Crippen LogP contribution in [0.3, 0.4) is 0 Å². The number of nitrogens with two attached hydrogens (primary N) is 2. The van der Waals surface area contributed by atoms with E-state index in [9.17, 15) is 9.59 Å². The third-order valence-corrected chi connectivity index (χ3v) is 1.71. The lowest BCUT2D eigenvalue weighted by atomic mass is 10.1. The normalized spacial score (nSPS) is 9.50. The molecule has 14 heavy (non-hydrogen) atoms. The van der Waals surface area contributed by atoms with Crippen LogP contribution in [-0.2, 0) is 4.74 Å². The van der Waals surface area contributed by atoms with Gasteiger partial charge in [0.15, 0.2) is 0 Å². The Morgan fingerprint density at radius 1 is 1.29 bits per heavy atom. The van der Waals surface area contributed by atoms with Gasteiger partial charge in [-0.15, -0.1) is 0 Å². The number of methoxy groups -OCH3 is 1. The fraction of sp³-hybridized carbons (Fsp3) is 0.111. The van der Waals surface area contributed by atoms with Crippen LogP contribution < -0.4 is 11.5 Å². The quantitative estimate of drug-likeness (QED) is 0.517. The Morgan fingerprint density at radius 2 is 1.93 bits per heavy atom. The predicted octanol–water partition coefficient (Wildman–Crippen LogP) is 0.154. The maximum absolute atomic E-state index is 11.2. The van der Waals surface area contributed by atoms with Crippen LogP contribution in [0.25, 0.3) is 0 Å². The second kappa shape index (κ2) is 3.78. The summed E-state index contributed by atoms with van der Waals surface area (Å²) in [7, 11) is 1.23. The zero-order chi connectivity index (χ0) is 10.7. The molecule has 0 fully saturated rings. The van der Waals surface area contributed by atoms with E-state index in [4.69, 9.17) is 11.5 Å². The largest absolute Gasteiger partial charge is 0.465 e. The molecule has 0 aliphatic rings. The number of amides is 1. The Bertz CT molecular complexity index is 388. The molecule has 0 aliphatic heterocycles. The number of nitrogen functional groups attached to an aromatic ring is 1. The van der Waals surface area contributed by atoms with Gasteiger partial charge in [0.1, 0.15) is 0 Å². The molecule has 5 heteroatoms. The van der Waals surface area contributed by atoms with E-state index in [1.165, 1.54) is 25.3 Å². The summed E-state index contributed by atoms with van der Waals surface area (Å²) in [5.41, 5.74) is 11.1. The maximum atomic E-state index is 11.2. The minimum Gasteiger partial charge on any atom is -0.465 e. The van der Waals surface area contributed by atoms with E-state index in [-0.39, 0.29) is 11.1 Å². The van der Waals surface area contributed by atoms with E-state index in [0.29, 0.717) is 5.69 Å². The summed E-state index contributed by atoms with van der Waals surface area (Å²) in [5, 5.41) is 0. The molecule has 5 nitrogen and oxygen atoms in total. The van der Waals surface area contributed by atoms with Crippen LogP contribution >= 0.6 is 0 Å². The van der Waals surface area contributed by atoms with Crippen LogP contribution in [0, 0.1) is 0 Å². The fourth-order valence-corrected chi connectivity index (χ4v) is 1.05. The fourth-order valence-electron chi connectivity index (χ4n) is 1.05. The number of carbonyl (C=O) groups excluding carboxylic acids is 2. The lowest BCUT2D eigenvalue weighted by molar-refractivity contribution is 0.0597. The molecular formula is C9H10N2O3. The monoisotopic (exact) mass is 194 g/mol. The molecule has 0 unspecified atom stereocenters. The van der Waals surface area contributed by atoms with Gasteiger partial charge in [-0.3, -0.25) is 4.79 Å². The van der Waals surface area contributed by atoms with Gasteiger partial charge in [0.05, 0.1) is 18.2 Å². The number of benzene rings is 1. The van der Waals surface area contributed by atoms with Crippen molar-refractivity contribution in [3.63, 3.8) is 0 Å². The number of hydrogen-bond acceptors (Lipinski definition) is 4. The summed E-state index contributed by atoms with van der Waals surface area (Å²) in [6.07, 6.45) is 0. The van der Waals surface area contributed by atoms with Gasteiger partial charge in [0, 0.05) is 5.69 Å². The van der Waals surface area contributed by atoms with E-state index in [0.717, 1.165) is 0 Å². The third-order valence-electron chi connectivity index (χ3n) is 1.71. The molecule has 0 aliphatic carbocycles.